The van der Waals surface area contributed by atoms with Gasteiger partial charge in [0.2, 0.25) is 0 Å². The second kappa shape index (κ2) is 9.69. The lowest BCUT2D eigenvalue weighted by molar-refractivity contribution is 0.340. The number of hydrogen-bond acceptors (Lipinski definition) is 7. The zero-order chi connectivity index (χ0) is 20.8. The van der Waals surface area contributed by atoms with Gasteiger partial charge in [0.05, 0.1) is 12.3 Å². The number of thioether (sulfide) groups is 1. The van der Waals surface area contributed by atoms with Crippen LogP contribution in [0.15, 0.2) is 72.0 Å². The number of pyridine rings is 1. The fraction of sp³-hybridized carbons (Fsp3) is 0.182. The molecule has 0 amide bonds. The Morgan fingerprint density at radius 1 is 1.10 bits per heavy atom. The first-order valence-electron chi connectivity index (χ1n) is 9.53. The van der Waals surface area contributed by atoms with Crippen molar-refractivity contribution in [2.24, 2.45) is 0 Å². The molecule has 0 spiro atoms. The molecule has 0 aliphatic carbocycles. The van der Waals surface area contributed by atoms with Crippen molar-refractivity contribution in [3.05, 3.63) is 72.5 Å². The van der Waals surface area contributed by atoms with Crippen LogP contribution in [0.3, 0.4) is 0 Å². The van der Waals surface area contributed by atoms with Crippen LogP contribution >= 0.6 is 23.1 Å². The van der Waals surface area contributed by atoms with Crippen molar-refractivity contribution in [1.82, 2.24) is 24.7 Å². The lowest BCUT2D eigenvalue weighted by Crippen LogP contribution is -2.00. The average molecular weight is 436 g/mol. The Bertz CT molecular complexity index is 1110. The van der Waals surface area contributed by atoms with Gasteiger partial charge in [-0.2, -0.15) is 0 Å². The molecule has 0 radical (unpaired) electrons. The van der Waals surface area contributed by atoms with Gasteiger partial charge < -0.3 is 4.74 Å². The minimum Gasteiger partial charge on any atom is -0.494 e. The first-order chi connectivity index (χ1) is 14.8. The van der Waals surface area contributed by atoms with Crippen molar-refractivity contribution >= 4 is 23.1 Å². The molecule has 0 unspecified atom stereocenters. The molecule has 0 N–H and O–H groups in total. The number of ether oxygens (including phenoxy) is 1. The quantitative estimate of drug-likeness (QED) is 0.261. The Labute approximate surface area is 183 Å². The van der Waals surface area contributed by atoms with Crippen molar-refractivity contribution in [3.8, 4) is 27.7 Å². The SMILES string of the molecule is C=CCn1c(SCc2csc(-c3ccc(OCC)cc3)n2)nnc1-c1ccncc1. The lowest BCUT2D eigenvalue weighted by atomic mass is 10.2. The largest absolute Gasteiger partial charge is 0.494 e. The summed E-state index contributed by atoms with van der Waals surface area (Å²) in [6.07, 6.45) is 5.37. The standard InChI is InChI=1S/C22H21N5OS2/c1-3-13-27-20(16-9-11-23-12-10-16)25-26-22(27)30-15-18-14-29-21(24-18)17-5-7-19(8-6-17)28-4-2/h3,5-12,14H,1,4,13,15H2,2H3. The lowest BCUT2D eigenvalue weighted by Gasteiger charge is -2.07. The number of aromatic nitrogens is 5. The molecule has 0 saturated heterocycles. The van der Waals surface area contributed by atoms with Crippen LogP contribution in [-0.4, -0.2) is 31.3 Å². The van der Waals surface area contributed by atoms with Crippen LogP contribution in [0.25, 0.3) is 22.0 Å². The smallest absolute Gasteiger partial charge is 0.192 e. The molecule has 0 atom stereocenters. The third-order valence-corrected chi connectivity index (χ3v) is 6.22. The maximum absolute atomic E-state index is 5.51. The third kappa shape index (κ3) is 4.60. The summed E-state index contributed by atoms with van der Waals surface area (Å²) in [6.45, 7) is 7.15. The Balaban J connectivity index is 1.48. The number of nitrogens with zero attached hydrogens (tertiary/aromatic N) is 5. The number of hydrogen-bond donors (Lipinski definition) is 0. The van der Waals surface area contributed by atoms with Crippen LogP contribution < -0.4 is 4.74 Å². The van der Waals surface area contributed by atoms with Gasteiger partial charge in [-0.3, -0.25) is 9.55 Å². The molecule has 8 heteroatoms. The molecule has 1 aromatic carbocycles. The van der Waals surface area contributed by atoms with Gasteiger partial charge >= 0.3 is 0 Å². The predicted molar refractivity (Wildman–Crippen MR) is 122 cm³/mol. The van der Waals surface area contributed by atoms with E-state index in [0.717, 1.165) is 44.3 Å². The molecule has 0 saturated carbocycles. The first kappa shape index (κ1) is 20.3. The van der Waals surface area contributed by atoms with E-state index in [1.807, 2.05) is 49.4 Å². The summed E-state index contributed by atoms with van der Waals surface area (Å²) in [5.41, 5.74) is 3.10. The zero-order valence-electron chi connectivity index (χ0n) is 16.6. The van der Waals surface area contributed by atoms with Crippen molar-refractivity contribution in [3.63, 3.8) is 0 Å². The van der Waals surface area contributed by atoms with Crippen LogP contribution in [0.5, 0.6) is 5.75 Å². The summed E-state index contributed by atoms with van der Waals surface area (Å²) in [7, 11) is 0. The minimum atomic E-state index is 0.640. The van der Waals surface area contributed by atoms with E-state index in [4.69, 9.17) is 9.72 Å². The molecule has 0 aliphatic heterocycles. The van der Waals surface area contributed by atoms with Crippen molar-refractivity contribution in [2.75, 3.05) is 6.61 Å². The van der Waals surface area contributed by atoms with E-state index in [-0.39, 0.29) is 0 Å². The zero-order valence-corrected chi connectivity index (χ0v) is 18.2. The Morgan fingerprint density at radius 2 is 1.90 bits per heavy atom. The number of benzene rings is 1. The summed E-state index contributed by atoms with van der Waals surface area (Å²) >= 11 is 3.27. The van der Waals surface area contributed by atoms with Crippen LogP contribution in [-0.2, 0) is 12.3 Å². The fourth-order valence-electron chi connectivity index (χ4n) is 2.91. The number of rotatable bonds is 9. The van der Waals surface area contributed by atoms with E-state index >= 15 is 0 Å². The topological polar surface area (TPSA) is 65.7 Å². The van der Waals surface area contributed by atoms with E-state index < -0.39 is 0 Å². The second-order valence-electron chi connectivity index (χ2n) is 6.33. The number of thiazole rings is 1. The summed E-state index contributed by atoms with van der Waals surface area (Å²) in [5.74, 6) is 2.41. The summed E-state index contributed by atoms with van der Waals surface area (Å²) in [4.78, 5) is 8.86. The van der Waals surface area contributed by atoms with Gasteiger partial charge in [-0.1, -0.05) is 17.8 Å². The van der Waals surface area contributed by atoms with Crippen LogP contribution in [0, 0.1) is 0 Å². The van der Waals surface area contributed by atoms with E-state index in [0.29, 0.717) is 13.2 Å². The highest BCUT2D eigenvalue weighted by Crippen LogP contribution is 2.30. The van der Waals surface area contributed by atoms with Crippen LogP contribution in [0.4, 0.5) is 0 Å². The molecule has 4 aromatic rings. The minimum absolute atomic E-state index is 0.640. The van der Waals surface area contributed by atoms with Crippen molar-refractivity contribution < 1.29 is 4.74 Å². The molecule has 30 heavy (non-hydrogen) atoms. The highest BCUT2D eigenvalue weighted by Gasteiger charge is 2.14. The van der Waals surface area contributed by atoms with E-state index in [1.54, 1.807) is 35.5 Å². The third-order valence-electron chi connectivity index (χ3n) is 4.28. The molecule has 3 aromatic heterocycles. The maximum Gasteiger partial charge on any atom is 0.192 e. The van der Waals surface area contributed by atoms with Gasteiger partial charge in [0.25, 0.3) is 0 Å². The van der Waals surface area contributed by atoms with Gasteiger partial charge in [-0.05, 0) is 43.3 Å². The van der Waals surface area contributed by atoms with Gasteiger partial charge in [-0.25, -0.2) is 4.98 Å². The number of allylic oxidation sites excluding steroid dienone is 1. The summed E-state index contributed by atoms with van der Waals surface area (Å²) < 4.78 is 7.57. The molecule has 3 heterocycles. The van der Waals surface area contributed by atoms with Crippen molar-refractivity contribution in [1.29, 1.82) is 0 Å². The van der Waals surface area contributed by atoms with Crippen LogP contribution in [0.1, 0.15) is 12.6 Å². The predicted octanol–water partition coefficient (Wildman–Crippen LogP) is 5.34. The monoisotopic (exact) mass is 435 g/mol. The fourth-order valence-corrected chi connectivity index (χ4v) is 4.68. The molecule has 0 bridgehead atoms. The van der Waals surface area contributed by atoms with Gasteiger partial charge in [0.1, 0.15) is 10.8 Å². The molecule has 0 aliphatic rings. The van der Waals surface area contributed by atoms with Crippen molar-refractivity contribution in [2.45, 2.75) is 24.4 Å². The average Bonchev–Trinajstić information content (AvgIpc) is 3.41. The van der Waals surface area contributed by atoms with Crippen LogP contribution in [0.2, 0.25) is 0 Å². The summed E-state index contributed by atoms with van der Waals surface area (Å²) in [5, 5.41) is 12.7. The van der Waals surface area contributed by atoms with Gasteiger partial charge in [-0.15, -0.1) is 28.1 Å². The Kier molecular flexibility index (Phi) is 6.56. The molecule has 0 fully saturated rings. The highest BCUT2D eigenvalue weighted by molar-refractivity contribution is 7.98. The van der Waals surface area contributed by atoms with E-state index in [9.17, 15) is 0 Å². The highest BCUT2D eigenvalue weighted by atomic mass is 32.2. The van der Waals surface area contributed by atoms with Gasteiger partial charge in [0, 0.05) is 41.2 Å². The molecule has 6 nitrogen and oxygen atoms in total. The normalized spacial score (nSPS) is 10.8. The second-order valence-corrected chi connectivity index (χ2v) is 8.13. The Morgan fingerprint density at radius 3 is 2.63 bits per heavy atom. The van der Waals surface area contributed by atoms with Gasteiger partial charge in [0.15, 0.2) is 11.0 Å². The first-order valence-corrected chi connectivity index (χ1v) is 11.4. The maximum atomic E-state index is 5.51. The Hall–Kier alpha value is -2.97. The molecular weight excluding hydrogens is 414 g/mol. The molecule has 152 valence electrons. The summed E-state index contributed by atoms with van der Waals surface area (Å²) in [6, 6.07) is 11.9. The van der Waals surface area contributed by atoms with E-state index in [1.165, 1.54) is 0 Å². The molecular formula is C22H21N5OS2. The molecule has 4 rings (SSSR count). The van der Waals surface area contributed by atoms with E-state index in [2.05, 4.69) is 31.7 Å².